The molecule has 1 aliphatic carbocycles. The van der Waals surface area contributed by atoms with Crippen LogP contribution in [0.15, 0.2) is 0 Å². The maximum atomic E-state index is 3.85. The molecule has 0 aromatic rings. The van der Waals surface area contributed by atoms with Crippen molar-refractivity contribution in [3.05, 3.63) is 0 Å². The SMILES string of the molecule is CCC1CSC2C(C)CC(C)CC2N1. The summed E-state index contributed by atoms with van der Waals surface area (Å²) in [5, 5.41) is 4.74. The molecule has 0 amide bonds. The standard InChI is InChI=1S/C12H23NS/c1-4-10-7-14-12-9(3)5-8(2)6-11(12)13-10/h8-13H,4-7H2,1-3H3. The van der Waals surface area contributed by atoms with Gasteiger partial charge in [-0.05, 0) is 31.1 Å². The first-order valence-corrected chi connectivity index (χ1v) is 7.13. The third-order valence-corrected chi connectivity index (χ3v) is 5.59. The highest BCUT2D eigenvalue weighted by atomic mass is 32.2. The lowest BCUT2D eigenvalue weighted by Gasteiger charge is -2.45. The molecule has 2 aliphatic rings. The van der Waals surface area contributed by atoms with Crippen LogP contribution in [0.25, 0.3) is 0 Å². The third-order valence-electron chi connectivity index (χ3n) is 3.82. The lowest BCUT2D eigenvalue weighted by atomic mass is 9.79. The molecule has 0 spiro atoms. The minimum Gasteiger partial charge on any atom is -0.309 e. The van der Waals surface area contributed by atoms with E-state index >= 15 is 0 Å². The van der Waals surface area contributed by atoms with E-state index in [0.717, 1.165) is 29.2 Å². The van der Waals surface area contributed by atoms with Gasteiger partial charge in [0.25, 0.3) is 0 Å². The van der Waals surface area contributed by atoms with Crippen molar-refractivity contribution in [3.63, 3.8) is 0 Å². The van der Waals surface area contributed by atoms with Crippen LogP contribution in [0.4, 0.5) is 0 Å². The van der Waals surface area contributed by atoms with Gasteiger partial charge in [0.1, 0.15) is 0 Å². The van der Waals surface area contributed by atoms with Gasteiger partial charge in [-0.25, -0.2) is 0 Å². The summed E-state index contributed by atoms with van der Waals surface area (Å²) >= 11 is 2.23. The number of nitrogens with one attached hydrogen (secondary N) is 1. The summed E-state index contributed by atoms with van der Waals surface area (Å²) in [7, 11) is 0. The molecule has 5 atom stereocenters. The molecule has 1 nitrogen and oxygen atoms in total. The van der Waals surface area contributed by atoms with Crippen LogP contribution in [-0.2, 0) is 0 Å². The Morgan fingerprint density at radius 2 is 2.07 bits per heavy atom. The summed E-state index contributed by atoms with van der Waals surface area (Å²) < 4.78 is 0. The van der Waals surface area contributed by atoms with E-state index in [1.54, 1.807) is 0 Å². The van der Waals surface area contributed by atoms with Crippen molar-refractivity contribution in [1.82, 2.24) is 5.32 Å². The first-order chi connectivity index (χ1) is 6.70. The van der Waals surface area contributed by atoms with E-state index in [2.05, 4.69) is 37.8 Å². The number of rotatable bonds is 1. The number of fused-ring (bicyclic) bond motifs is 1. The predicted molar refractivity (Wildman–Crippen MR) is 64.8 cm³/mol. The van der Waals surface area contributed by atoms with Gasteiger partial charge in [0.2, 0.25) is 0 Å². The van der Waals surface area contributed by atoms with E-state index < -0.39 is 0 Å². The van der Waals surface area contributed by atoms with E-state index in [4.69, 9.17) is 0 Å². The highest BCUT2D eigenvalue weighted by Gasteiger charge is 2.37. The Morgan fingerprint density at radius 1 is 1.29 bits per heavy atom. The van der Waals surface area contributed by atoms with E-state index in [0.29, 0.717) is 0 Å². The van der Waals surface area contributed by atoms with Gasteiger partial charge in [0.15, 0.2) is 0 Å². The number of thioether (sulfide) groups is 1. The van der Waals surface area contributed by atoms with Crippen molar-refractivity contribution >= 4 is 11.8 Å². The molecule has 82 valence electrons. The van der Waals surface area contributed by atoms with E-state index in [9.17, 15) is 0 Å². The first-order valence-electron chi connectivity index (χ1n) is 6.08. The predicted octanol–water partition coefficient (Wildman–Crippen LogP) is 2.90. The lowest BCUT2D eigenvalue weighted by molar-refractivity contribution is 0.229. The van der Waals surface area contributed by atoms with Crippen LogP contribution in [0.1, 0.15) is 40.0 Å². The van der Waals surface area contributed by atoms with Gasteiger partial charge in [-0.3, -0.25) is 0 Å². The summed E-state index contributed by atoms with van der Waals surface area (Å²) in [4.78, 5) is 0. The maximum absolute atomic E-state index is 3.85. The van der Waals surface area contributed by atoms with Gasteiger partial charge < -0.3 is 5.32 Å². The van der Waals surface area contributed by atoms with E-state index in [-0.39, 0.29) is 0 Å². The molecule has 1 aliphatic heterocycles. The van der Waals surface area contributed by atoms with Crippen LogP contribution in [0, 0.1) is 11.8 Å². The Hall–Kier alpha value is 0.310. The van der Waals surface area contributed by atoms with Gasteiger partial charge in [-0.1, -0.05) is 20.8 Å². The van der Waals surface area contributed by atoms with Gasteiger partial charge in [0, 0.05) is 23.1 Å². The smallest absolute Gasteiger partial charge is 0.0227 e. The molecule has 0 radical (unpaired) electrons. The summed E-state index contributed by atoms with van der Waals surface area (Å²) in [5.41, 5.74) is 0. The summed E-state index contributed by atoms with van der Waals surface area (Å²) in [6.45, 7) is 7.15. The quantitative estimate of drug-likeness (QED) is 0.719. The third kappa shape index (κ3) is 2.11. The van der Waals surface area contributed by atoms with Crippen LogP contribution in [-0.4, -0.2) is 23.1 Å². The monoisotopic (exact) mass is 213 g/mol. The molecule has 0 bridgehead atoms. The van der Waals surface area contributed by atoms with Gasteiger partial charge in [0.05, 0.1) is 0 Å². The summed E-state index contributed by atoms with van der Waals surface area (Å²) in [6, 6.07) is 1.58. The fraction of sp³-hybridized carbons (Fsp3) is 1.00. The largest absolute Gasteiger partial charge is 0.309 e. The molecule has 1 N–H and O–H groups in total. The summed E-state index contributed by atoms with van der Waals surface area (Å²) in [5.74, 6) is 3.17. The van der Waals surface area contributed by atoms with Gasteiger partial charge in [-0.2, -0.15) is 11.8 Å². The van der Waals surface area contributed by atoms with Crippen LogP contribution < -0.4 is 5.32 Å². The second kappa shape index (κ2) is 4.44. The van der Waals surface area contributed by atoms with Crippen LogP contribution in [0.2, 0.25) is 0 Å². The Labute approximate surface area is 92.4 Å². The normalized spacial score (nSPS) is 48.6. The van der Waals surface area contributed by atoms with Crippen molar-refractivity contribution in [1.29, 1.82) is 0 Å². The van der Waals surface area contributed by atoms with Crippen molar-refractivity contribution in [2.75, 3.05) is 5.75 Å². The Morgan fingerprint density at radius 3 is 2.79 bits per heavy atom. The molecule has 2 fully saturated rings. The van der Waals surface area contributed by atoms with E-state index in [1.165, 1.54) is 25.0 Å². The zero-order valence-electron chi connectivity index (χ0n) is 9.62. The Balaban J connectivity index is 1.99. The fourth-order valence-corrected chi connectivity index (χ4v) is 4.73. The maximum Gasteiger partial charge on any atom is 0.0227 e. The average molecular weight is 213 g/mol. The van der Waals surface area contributed by atoms with E-state index in [1.807, 2.05) is 0 Å². The molecule has 0 aromatic heterocycles. The van der Waals surface area contributed by atoms with Crippen LogP contribution >= 0.6 is 11.8 Å². The topological polar surface area (TPSA) is 12.0 Å². The highest BCUT2D eigenvalue weighted by molar-refractivity contribution is 8.00. The zero-order valence-corrected chi connectivity index (χ0v) is 10.4. The molecule has 2 rings (SSSR count). The molecule has 0 aromatic carbocycles. The molecule has 14 heavy (non-hydrogen) atoms. The second-order valence-electron chi connectivity index (χ2n) is 5.23. The Kier molecular flexibility index (Phi) is 3.43. The lowest BCUT2D eigenvalue weighted by Crippen LogP contribution is -2.54. The van der Waals surface area contributed by atoms with Crippen molar-refractivity contribution in [3.8, 4) is 0 Å². The minimum atomic E-state index is 0.777. The molecule has 2 heteroatoms. The molecule has 5 unspecified atom stereocenters. The van der Waals surface area contributed by atoms with Crippen molar-refractivity contribution < 1.29 is 0 Å². The first kappa shape index (κ1) is 10.8. The second-order valence-corrected chi connectivity index (χ2v) is 6.44. The minimum absolute atomic E-state index is 0.777. The van der Waals surface area contributed by atoms with Crippen LogP contribution in [0.3, 0.4) is 0 Å². The van der Waals surface area contributed by atoms with Crippen LogP contribution in [0.5, 0.6) is 0 Å². The van der Waals surface area contributed by atoms with Gasteiger partial charge >= 0.3 is 0 Å². The van der Waals surface area contributed by atoms with Crippen molar-refractivity contribution in [2.24, 2.45) is 11.8 Å². The Bertz CT molecular complexity index is 195. The summed E-state index contributed by atoms with van der Waals surface area (Å²) in [6.07, 6.45) is 4.13. The van der Waals surface area contributed by atoms with Gasteiger partial charge in [-0.15, -0.1) is 0 Å². The number of hydrogen-bond acceptors (Lipinski definition) is 2. The molecule has 1 heterocycles. The molecular formula is C12H23NS. The molecule has 1 saturated heterocycles. The average Bonchev–Trinajstić information content (AvgIpc) is 2.16. The number of hydrogen-bond donors (Lipinski definition) is 1. The molecular weight excluding hydrogens is 190 g/mol. The fourth-order valence-electron chi connectivity index (χ4n) is 3.09. The highest BCUT2D eigenvalue weighted by Crippen LogP contribution is 2.39. The van der Waals surface area contributed by atoms with Crippen molar-refractivity contribution in [2.45, 2.75) is 57.4 Å². The molecule has 1 saturated carbocycles. The zero-order chi connectivity index (χ0) is 10.1.